The summed E-state index contributed by atoms with van der Waals surface area (Å²) in [6, 6.07) is -1.48. The Kier molecular flexibility index (Phi) is 5.48. The number of carboxylic acids is 1. The standard InChI is InChI=1S/C11H18N2O4/c14-7-6-9(10(15)16)13-11(17)12-8-4-2-1-3-5-8/h1-2,8-9,14H,3-7H2,(H,15,16)(H2,12,13,17)/t8?,9-/m1/s1. The first-order chi connectivity index (χ1) is 8.13. The number of nitrogens with one attached hydrogen (secondary N) is 2. The van der Waals surface area contributed by atoms with E-state index in [1.807, 2.05) is 6.08 Å². The fraction of sp³-hybridized carbons (Fsp3) is 0.636. The van der Waals surface area contributed by atoms with Crippen LogP contribution in [0.5, 0.6) is 0 Å². The maximum Gasteiger partial charge on any atom is 0.326 e. The molecule has 4 N–H and O–H groups in total. The lowest BCUT2D eigenvalue weighted by Gasteiger charge is -2.21. The molecular weight excluding hydrogens is 224 g/mol. The highest BCUT2D eigenvalue weighted by molar-refractivity contribution is 5.82. The van der Waals surface area contributed by atoms with Crippen molar-refractivity contribution in [3.8, 4) is 0 Å². The van der Waals surface area contributed by atoms with Crippen molar-refractivity contribution in [2.75, 3.05) is 6.61 Å². The lowest BCUT2D eigenvalue weighted by Crippen LogP contribution is -2.49. The van der Waals surface area contributed by atoms with Crippen LogP contribution in [0.4, 0.5) is 4.79 Å². The van der Waals surface area contributed by atoms with Gasteiger partial charge in [0, 0.05) is 19.1 Å². The minimum absolute atomic E-state index is 0.00726. The largest absolute Gasteiger partial charge is 0.480 e. The van der Waals surface area contributed by atoms with Gasteiger partial charge in [0.15, 0.2) is 0 Å². The number of rotatable bonds is 5. The Hall–Kier alpha value is -1.56. The van der Waals surface area contributed by atoms with E-state index in [1.54, 1.807) is 0 Å². The van der Waals surface area contributed by atoms with Crippen LogP contribution in [0.2, 0.25) is 0 Å². The van der Waals surface area contributed by atoms with Crippen molar-refractivity contribution >= 4 is 12.0 Å². The Morgan fingerprint density at radius 2 is 2.18 bits per heavy atom. The molecule has 1 aliphatic carbocycles. The normalized spacial score (nSPS) is 20.6. The number of carboxylic acid groups (broad SMARTS) is 1. The third-order valence-corrected chi connectivity index (χ3v) is 2.63. The molecule has 0 aromatic heterocycles. The maximum atomic E-state index is 11.5. The molecule has 0 heterocycles. The molecule has 1 aliphatic rings. The van der Waals surface area contributed by atoms with Gasteiger partial charge >= 0.3 is 12.0 Å². The molecule has 0 aromatic carbocycles. The molecule has 0 fully saturated rings. The van der Waals surface area contributed by atoms with Gasteiger partial charge in [-0.1, -0.05) is 12.2 Å². The topological polar surface area (TPSA) is 98.7 Å². The fourth-order valence-corrected chi connectivity index (χ4v) is 1.70. The molecule has 0 bridgehead atoms. The van der Waals surface area contributed by atoms with Gasteiger partial charge in [0.1, 0.15) is 6.04 Å². The van der Waals surface area contributed by atoms with Crippen molar-refractivity contribution in [3.05, 3.63) is 12.2 Å². The number of aliphatic carboxylic acids is 1. The molecule has 1 rings (SSSR count). The Morgan fingerprint density at radius 3 is 2.71 bits per heavy atom. The van der Waals surface area contributed by atoms with Crippen LogP contribution in [0, 0.1) is 0 Å². The highest BCUT2D eigenvalue weighted by Crippen LogP contribution is 2.10. The van der Waals surface area contributed by atoms with E-state index in [0.29, 0.717) is 0 Å². The predicted octanol–water partition coefficient (Wildman–Crippen LogP) is 0.230. The quantitative estimate of drug-likeness (QED) is 0.519. The van der Waals surface area contributed by atoms with E-state index in [9.17, 15) is 9.59 Å². The average Bonchev–Trinajstić information content (AvgIpc) is 2.29. The smallest absolute Gasteiger partial charge is 0.326 e. The second-order valence-electron chi connectivity index (χ2n) is 4.00. The van der Waals surface area contributed by atoms with Crippen LogP contribution < -0.4 is 10.6 Å². The van der Waals surface area contributed by atoms with Crippen molar-refractivity contribution in [2.24, 2.45) is 0 Å². The van der Waals surface area contributed by atoms with Gasteiger partial charge in [0.05, 0.1) is 0 Å². The Morgan fingerprint density at radius 1 is 1.41 bits per heavy atom. The average molecular weight is 242 g/mol. The number of aliphatic hydroxyl groups is 1. The van der Waals surface area contributed by atoms with Crippen molar-refractivity contribution in [3.63, 3.8) is 0 Å². The molecule has 96 valence electrons. The Bertz CT molecular complexity index is 304. The Balaban J connectivity index is 2.36. The fourth-order valence-electron chi connectivity index (χ4n) is 1.70. The van der Waals surface area contributed by atoms with E-state index >= 15 is 0 Å². The van der Waals surface area contributed by atoms with Gasteiger partial charge in [-0.05, 0) is 19.3 Å². The Labute approximate surface area is 99.7 Å². The lowest BCUT2D eigenvalue weighted by molar-refractivity contribution is -0.139. The molecule has 0 saturated carbocycles. The number of carbonyl (C=O) groups excluding carboxylic acids is 1. The van der Waals surface area contributed by atoms with E-state index in [-0.39, 0.29) is 19.1 Å². The van der Waals surface area contributed by atoms with Crippen LogP contribution in [0.1, 0.15) is 25.7 Å². The van der Waals surface area contributed by atoms with Gasteiger partial charge in [-0.25, -0.2) is 9.59 Å². The van der Waals surface area contributed by atoms with Gasteiger partial charge < -0.3 is 20.8 Å². The van der Waals surface area contributed by atoms with E-state index in [0.717, 1.165) is 19.3 Å². The minimum Gasteiger partial charge on any atom is -0.480 e. The highest BCUT2D eigenvalue weighted by atomic mass is 16.4. The maximum absolute atomic E-state index is 11.5. The van der Waals surface area contributed by atoms with Gasteiger partial charge in [-0.3, -0.25) is 0 Å². The monoisotopic (exact) mass is 242 g/mol. The molecule has 1 unspecified atom stereocenters. The van der Waals surface area contributed by atoms with Crippen molar-refractivity contribution in [2.45, 2.75) is 37.8 Å². The van der Waals surface area contributed by atoms with E-state index < -0.39 is 18.0 Å². The highest BCUT2D eigenvalue weighted by Gasteiger charge is 2.20. The van der Waals surface area contributed by atoms with Gasteiger partial charge in [0.25, 0.3) is 0 Å². The number of urea groups is 1. The first-order valence-corrected chi connectivity index (χ1v) is 5.69. The molecule has 17 heavy (non-hydrogen) atoms. The van der Waals surface area contributed by atoms with Crippen LogP contribution in [-0.2, 0) is 4.79 Å². The molecule has 6 heteroatoms. The summed E-state index contributed by atoms with van der Waals surface area (Å²) >= 11 is 0. The summed E-state index contributed by atoms with van der Waals surface area (Å²) in [6.07, 6.45) is 6.61. The van der Waals surface area contributed by atoms with Crippen LogP contribution >= 0.6 is 0 Å². The molecule has 2 atom stereocenters. The number of hydrogen-bond donors (Lipinski definition) is 4. The molecular formula is C11H18N2O4. The van der Waals surface area contributed by atoms with Crippen LogP contribution in [0.3, 0.4) is 0 Å². The number of allylic oxidation sites excluding steroid dienone is 1. The summed E-state index contributed by atoms with van der Waals surface area (Å²) in [5, 5.41) is 22.5. The number of aliphatic hydroxyl groups excluding tert-OH is 1. The molecule has 0 aliphatic heterocycles. The third-order valence-electron chi connectivity index (χ3n) is 2.63. The zero-order chi connectivity index (χ0) is 12.7. The van der Waals surface area contributed by atoms with E-state index in [1.165, 1.54) is 0 Å². The number of amides is 2. The van der Waals surface area contributed by atoms with Gasteiger partial charge in [-0.15, -0.1) is 0 Å². The summed E-state index contributed by atoms with van der Waals surface area (Å²) < 4.78 is 0. The molecule has 0 saturated heterocycles. The second-order valence-corrected chi connectivity index (χ2v) is 4.00. The first kappa shape index (κ1) is 13.5. The van der Waals surface area contributed by atoms with Crippen molar-refractivity contribution < 1.29 is 19.8 Å². The molecule has 2 amide bonds. The number of carbonyl (C=O) groups is 2. The lowest BCUT2D eigenvalue weighted by atomic mass is 10.0. The molecule has 0 spiro atoms. The van der Waals surface area contributed by atoms with Gasteiger partial charge in [0.2, 0.25) is 0 Å². The molecule has 0 radical (unpaired) electrons. The van der Waals surface area contributed by atoms with Crippen molar-refractivity contribution in [1.82, 2.24) is 10.6 Å². The van der Waals surface area contributed by atoms with E-state index in [4.69, 9.17) is 10.2 Å². The zero-order valence-corrected chi connectivity index (χ0v) is 9.56. The van der Waals surface area contributed by atoms with Crippen molar-refractivity contribution in [1.29, 1.82) is 0 Å². The van der Waals surface area contributed by atoms with Gasteiger partial charge in [-0.2, -0.15) is 0 Å². The molecule has 6 nitrogen and oxygen atoms in total. The molecule has 0 aromatic rings. The third kappa shape index (κ3) is 4.86. The van der Waals surface area contributed by atoms with Crippen LogP contribution in [0.25, 0.3) is 0 Å². The van der Waals surface area contributed by atoms with E-state index in [2.05, 4.69) is 16.7 Å². The SMILES string of the molecule is O=C(NC1CC=CCC1)N[C@H](CCO)C(=O)O. The first-order valence-electron chi connectivity index (χ1n) is 5.69. The number of hydrogen-bond acceptors (Lipinski definition) is 3. The second kappa shape index (κ2) is 6.90. The zero-order valence-electron chi connectivity index (χ0n) is 9.56. The predicted molar refractivity (Wildman–Crippen MR) is 61.6 cm³/mol. The summed E-state index contributed by atoms with van der Waals surface area (Å²) in [5.41, 5.74) is 0. The minimum atomic E-state index is -1.14. The summed E-state index contributed by atoms with van der Waals surface area (Å²) in [5.74, 6) is -1.14. The summed E-state index contributed by atoms with van der Waals surface area (Å²) in [4.78, 5) is 22.3. The van der Waals surface area contributed by atoms with Crippen LogP contribution in [-0.4, -0.2) is 40.9 Å². The summed E-state index contributed by atoms with van der Waals surface area (Å²) in [7, 11) is 0. The van der Waals surface area contributed by atoms with Crippen LogP contribution in [0.15, 0.2) is 12.2 Å². The summed E-state index contributed by atoms with van der Waals surface area (Å²) in [6.45, 7) is -0.274.